The minimum atomic E-state index is -0.0197. The van der Waals surface area contributed by atoms with E-state index in [1.807, 2.05) is 4.90 Å². The van der Waals surface area contributed by atoms with Gasteiger partial charge in [0, 0.05) is 24.5 Å². The third-order valence-corrected chi connectivity index (χ3v) is 7.18. The molecule has 2 atom stereocenters. The highest BCUT2D eigenvalue weighted by Gasteiger charge is 2.28. The molecule has 5 nitrogen and oxygen atoms in total. The van der Waals surface area contributed by atoms with E-state index in [1.165, 1.54) is 23.3 Å². The maximum Gasteiger partial charge on any atom is 0.263 e. The second-order valence-corrected chi connectivity index (χ2v) is 9.06. The van der Waals surface area contributed by atoms with E-state index in [0.717, 1.165) is 63.0 Å². The number of fused-ring (bicyclic) bond motifs is 1. The zero-order valence-electron chi connectivity index (χ0n) is 15.8. The Kier molecular flexibility index (Phi) is 7.17. The van der Waals surface area contributed by atoms with Gasteiger partial charge in [0.2, 0.25) is 5.91 Å². The van der Waals surface area contributed by atoms with Crippen molar-refractivity contribution in [2.75, 3.05) is 26.2 Å². The molecule has 2 unspecified atom stereocenters. The smallest absolute Gasteiger partial charge is 0.263 e. The third-order valence-electron chi connectivity index (χ3n) is 5.96. The van der Waals surface area contributed by atoms with Crippen LogP contribution >= 0.6 is 23.7 Å². The number of piperidine rings is 1. The molecule has 2 amide bonds. The van der Waals surface area contributed by atoms with Crippen molar-refractivity contribution in [1.29, 1.82) is 0 Å². The van der Waals surface area contributed by atoms with Crippen molar-refractivity contribution >= 4 is 35.6 Å². The SMILES string of the molecule is Cl.O=C(NCC1CCCN(C(=O)c2cc3c(s2)CCCC3)C1)C1CCCN1. The van der Waals surface area contributed by atoms with Crippen molar-refractivity contribution < 1.29 is 9.59 Å². The fraction of sp³-hybridized carbons (Fsp3) is 0.700. The number of thiophene rings is 1. The number of aryl methyl sites for hydroxylation is 2. The first-order valence-electron chi connectivity index (χ1n) is 10.1. The molecule has 4 rings (SSSR count). The zero-order valence-corrected chi connectivity index (χ0v) is 17.4. The summed E-state index contributed by atoms with van der Waals surface area (Å²) in [4.78, 5) is 29.5. The van der Waals surface area contributed by atoms with Gasteiger partial charge in [-0.1, -0.05) is 0 Å². The van der Waals surface area contributed by atoms with Crippen LogP contribution in [0.3, 0.4) is 0 Å². The number of hydrogen-bond donors (Lipinski definition) is 2. The molecule has 0 aromatic carbocycles. The maximum atomic E-state index is 12.9. The van der Waals surface area contributed by atoms with Crippen LogP contribution in [-0.4, -0.2) is 48.9 Å². The summed E-state index contributed by atoms with van der Waals surface area (Å²) in [5.41, 5.74) is 1.40. The van der Waals surface area contributed by atoms with Gasteiger partial charge in [-0.3, -0.25) is 9.59 Å². The largest absolute Gasteiger partial charge is 0.354 e. The van der Waals surface area contributed by atoms with E-state index in [2.05, 4.69) is 16.7 Å². The summed E-state index contributed by atoms with van der Waals surface area (Å²) in [6.45, 7) is 3.23. The number of hydrogen-bond acceptors (Lipinski definition) is 4. The van der Waals surface area contributed by atoms with Crippen LogP contribution in [0.4, 0.5) is 0 Å². The van der Waals surface area contributed by atoms with Gasteiger partial charge in [-0.25, -0.2) is 0 Å². The van der Waals surface area contributed by atoms with Gasteiger partial charge >= 0.3 is 0 Å². The van der Waals surface area contributed by atoms with E-state index in [0.29, 0.717) is 12.5 Å². The fourth-order valence-corrected chi connectivity index (χ4v) is 5.67. The molecule has 0 spiro atoms. The van der Waals surface area contributed by atoms with Crippen LogP contribution < -0.4 is 10.6 Å². The highest BCUT2D eigenvalue weighted by atomic mass is 35.5. The van der Waals surface area contributed by atoms with E-state index in [1.54, 1.807) is 11.3 Å². The summed E-state index contributed by atoms with van der Waals surface area (Å²) >= 11 is 1.70. The maximum absolute atomic E-state index is 12.9. The molecule has 1 aromatic rings. The Bertz CT molecular complexity index is 649. The molecule has 0 saturated carbocycles. The number of halogens is 1. The van der Waals surface area contributed by atoms with Crippen LogP contribution in [0.25, 0.3) is 0 Å². The highest BCUT2D eigenvalue weighted by Crippen LogP contribution is 2.31. The number of rotatable bonds is 4. The molecule has 0 radical (unpaired) electrons. The third kappa shape index (κ3) is 4.84. The summed E-state index contributed by atoms with van der Waals surface area (Å²) in [5, 5.41) is 6.34. The lowest BCUT2D eigenvalue weighted by molar-refractivity contribution is -0.123. The van der Waals surface area contributed by atoms with E-state index >= 15 is 0 Å². The summed E-state index contributed by atoms with van der Waals surface area (Å²) < 4.78 is 0. The molecule has 3 heterocycles. The molecule has 2 saturated heterocycles. The number of nitrogens with zero attached hydrogens (tertiary/aromatic N) is 1. The molecular formula is C20H30ClN3O2S. The Morgan fingerprint density at radius 1 is 1.19 bits per heavy atom. The van der Waals surface area contributed by atoms with E-state index < -0.39 is 0 Å². The van der Waals surface area contributed by atoms with Crippen LogP contribution in [0.15, 0.2) is 6.07 Å². The fourth-order valence-electron chi connectivity index (χ4n) is 4.44. The standard InChI is InChI=1S/C20H29N3O2S.ClH/c24-19(16-7-3-9-21-16)22-12-14-5-4-10-23(13-14)20(25)18-11-15-6-1-2-8-17(15)26-18;/h11,14,16,21H,1-10,12-13H2,(H,22,24);1H. The van der Waals surface area contributed by atoms with Gasteiger partial charge in [-0.15, -0.1) is 23.7 Å². The van der Waals surface area contributed by atoms with Crippen molar-refractivity contribution in [2.24, 2.45) is 5.92 Å². The molecule has 2 N–H and O–H groups in total. The van der Waals surface area contributed by atoms with Crippen molar-refractivity contribution in [3.63, 3.8) is 0 Å². The first-order valence-corrected chi connectivity index (χ1v) is 10.9. The second-order valence-electron chi connectivity index (χ2n) is 7.92. The minimum absolute atomic E-state index is 0. The topological polar surface area (TPSA) is 61.4 Å². The molecule has 3 aliphatic rings. The molecule has 7 heteroatoms. The van der Waals surface area contributed by atoms with Crippen LogP contribution in [0.2, 0.25) is 0 Å². The van der Waals surface area contributed by atoms with Crippen LogP contribution in [0, 0.1) is 5.92 Å². The number of carbonyl (C=O) groups is 2. The predicted molar refractivity (Wildman–Crippen MR) is 111 cm³/mol. The minimum Gasteiger partial charge on any atom is -0.354 e. The van der Waals surface area contributed by atoms with Crippen molar-refractivity contribution in [3.05, 3.63) is 21.4 Å². The van der Waals surface area contributed by atoms with Gasteiger partial charge in [-0.05, 0) is 75.5 Å². The first kappa shape index (κ1) is 20.6. The Balaban J connectivity index is 0.00000210. The number of amides is 2. The average Bonchev–Trinajstić information content (AvgIpc) is 3.35. The number of likely N-dealkylation sites (tertiary alicyclic amines) is 1. The van der Waals surface area contributed by atoms with Crippen molar-refractivity contribution in [3.8, 4) is 0 Å². The summed E-state index contributed by atoms with van der Waals surface area (Å²) in [5.74, 6) is 0.683. The lowest BCUT2D eigenvalue weighted by Crippen LogP contribution is -2.46. The molecule has 0 bridgehead atoms. The molecule has 2 fully saturated rings. The Hall–Kier alpha value is -1.11. The van der Waals surface area contributed by atoms with Gasteiger partial charge in [0.25, 0.3) is 5.91 Å². The van der Waals surface area contributed by atoms with Gasteiger partial charge in [0.1, 0.15) is 0 Å². The summed E-state index contributed by atoms with van der Waals surface area (Å²) in [7, 11) is 0. The highest BCUT2D eigenvalue weighted by molar-refractivity contribution is 7.14. The quantitative estimate of drug-likeness (QED) is 0.800. The first-order chi connectivity index (χ1) is 12.7. The van der Waals surface area contributed by atoms with E-state index in [4.69, 9.17) is 0 Å². The number of nitrogens with one attached hydrogen (secondary N) is 2. The summed E-state index contributed by atoms with van der Waals surface area (Å²) in [6, 6.07) is 2.12. The van der Waals surface area contributed by atoms with E-state index in [-0.39, 0.29) is 30.3 Å². The molecule has 2 aliphatic heterocycles. The summed E-state index contributed by atoms with van der Waals surface area (Å²) in [6.07, 6.45) is 8.89. The Labute approximate surface area is 171 Å². The zero-order chi connectivity index (χ0) is 17.9. The van der Waals surface area contributed by atoms with Gasteiger partial charge < -0.3 is 15.5 Å². The lowest BCUT2D eigenvalue weighted by Gasteiger charge is -2.32. The molecule has 150 valence electrons. The van der Waals surface area contributed by atoms with Crippen molar-refractivity contribution in [2.45, 2.75) is 57.4 Å². The lowest BCUT2D eigenvalue weighted by atomic mass is 9.97. The Morgan fingerprint density at radius 3 is 2.81 bits per heavy atom. The monoisotopic (exact) mass is 411 g/mol. The van der Waals surface area contributed by atoms with Crippen LogP contribution in [0.5, 0.6) is 0 Å². The molecular weight excluding hydrogens is 382 g/mol. The molecule has 1 aliphatic carbocycles. The Morgan fingerprint density at radius 2 is 2.04 bits per heavy atom. The number of carbonyl (C=O) groups excluding carboxylic acids is 2. The van der Waals surface area contributed by atoms with Crippen molar-refractivity contribution in [1.82, 2.24) is 15.5 Å². The molecule has 27 heavy (non-hydrogen) atoms. The van der Waals surface area contributed by atoms with Crippen LogP contribution in [0.1, 0.15) is 58.6 Å². The second kappa shape index (κ2) is 9.39. The molecule has 1 aromatic heterocycles. The van der Waals surface area contributed by atoms with E-state index in [9.17, 15) is 9.59 Å². The normalized spacial score (nSPS) is 24.8. The van der Waals surface area contributed by atoms with Crippen LogP contribution in [-0.2, 0) is 17.6 Å². The van der Waals surface area contributed by atoms with Gasteiger partial charge in [0.05, 0.1) is 10.9 Å². The average molecular weight is 412 g/mol. The van der Waals surface area contributed by atoms with Gasteiger partial charge in [0.15, 0.2) is 0 Å². The predicted octanol–water partition coefficient (Wildman–Crippen LogP) is 2.77. The van der Waals surface area contributed by atoms with Gasteiger partial charge in [-0.2, -0.15) is 0 Å².